The Kier molecular flexibility index (Phi) is 5.74. The number of benzene rings is 2. The highest BCUT2D eigenvalue weighted by Gasteiger charge is 2.39. The topological polar surface area (TPSA) is 53.0 Å². The van der Waals surface area contributed by atoms with Crippen LogP contribution in [0.3, 0.4) is 0 Å². The Morgan fingerprint density at radius 2 is 1.97 bits per heavy atom. The number of hydrogen-bond acceptors (Lipinski definition) is 4. The van der Waals surface area contributed by atoms with Gasteiger partial charge in [-0.15, -0.1) is 0 Å². The Balaban J connectivity index is 1.75. The van der Waals surface area contributed by atoms with Gasteiger partial charge in [-0.25, -0.2) is 8.78 Å². The van der Waals surface area contributed by atoms with Gasteiger partial charge < -0.3 is 14.7 Å². The number of alkyl halides is 3. The Bertz CT molecular complexity index is 1060. The van der Waals surface area contributed by atoms with Crippen LogP contribution in [0.5, 0.6) is 11.5 Å². The van der Waals surface area contributed by atoms with Crippen LogP contribution in [-0.4, -0.2) is 53.1 Å². The third-order valence-corrected chi connectivity index (χ3v) is 5.90. The average Bonchev–Trinajstić information content (AvgIpc) is 2.92. The van der Waals surface area contributed by atoms with E-state index in [1.165, 1.54) is 0 Å². The molecule has 0 aliphatic carbocycles. The number of rotatable bonds is 2. The molecule has 4 rings (SSSR count). The van der Waals surface area contributed by atoms with Crippen molar-refractivity contribution in [1.29, 1.82) is 0 Å². The molecule has 1 amide bonds. The summed E-state index contributed by atoms with van der Waals surface area (Å²) in [6.07, 6.45) is -4.59. The monoisotopic (exact) mass is 456 g/mol. The van der Waals surface area contributed by atoms with Crippen LogP contribution in [0.15, 0.2) is 24.3 Å². The van der Waals surface area contributed by atoms with E-state index in [1.54, 1.807) is 11.8 Å². The molecule has 172 valence electrons. The summed E-state index contributed by atoms with van der Waals surface area (Å²) >= 11 is 0. The summed E-state index contributed by atoms with van der Waals surface area (Å²) < 4.78 is 76.5. The van der Waals surface area contributed by atoms with Crippen molar-refractivity contribution in [3.8, 4) is 22.6 Å². The number of carbonyl (C=O) groups excluding carboxylic acids is 1. The summed E-state index contributed by atoms with van der Waals surface area (Å²) in [6, 6.07) is 3.23. The van der Waals surface area contributed by atoms with Crippen molar-refractivity contribution in [3.05, 3.63) is 47.0 Å². The maximum atomic E-state index is 15.4. The largest absolute Gasteiger partial charge is 0.507 e. The number of carbonyl (C=O) groups is 1. The smallest absolute Gasteiger partial charge is 0.417 e. The lowest BCUT2D eigenvalue weighted by Gasteiger charge is -2.39. The fraction of sp³-hybridized carbons (Fsp3) is 0.409. The number of aromatic hydroxyl groups is 1. The molecule has 1 N–H and O–H groups in total. The highest BCUT2D eigenvalue weighted by molar-refractivity contribution is 5.77. The summed E-state index contributed by atoms with van der Waals surface area (Å²) in [7, 11) is 0. The third-order valence-electron chi connectivity index (χ3n) is 5.90. The molecule has 0 spiro atoms. The van der Waals surface area contributed by atoms with Gasteiger partial charge in [0.05, 0.1) is 17.2 Å². The number of nitrogens with zero attached hydrogens (tertiary/aromatic N) is 2. The maximum Gasteiger partial charge on any atom is 0.417 e. The molecular weight excluding hydrogens is 435 g/mol. The van der Waals surface area contributed by atoms with Gasteiger partial charge >= 0.3 is 6.18 Å². The van der Waals surface area contributed by atoms with Gasteiger partial charge in [0, 0.05) is 43.7 Å². The van der Waals surface area contributed by atoms with Crippen LogP contribution in [0, 0.1) is 11.6 Å². The van der Waals surface area contributed by atoms with E-state index < -0.39 is 40.3 Å². The lowest BCUT2D eigenvalue weighted by Crippen LogP contribution is -2.55. The van der Waals surface area contributed by atoms with E-state index in [2.05, 4.69) is 0 Å². The number of halogens is 5. The molecule has 1 saturated heterocycles. The molecule has 5 nitrogen and oxygen atoms in total. The van der Waals surface area contributed by atoms with Crippen LogP contribution >= 0.6 is 0 Å². The number of fused-ring (bicyclic) bond motifs is 2. The van der Waals surface area contributed by atoms with Gasteiger partial charge in [-0.05, 0) is 18.2 Å². The van der Waals surface area contributed by atoms with Crippen molar-refractivity contribution < 1.29 is 36.6 Å². The van der Waals surface area contributed by atoms with Gasteiger partial charge in [0.15, 0.2) is 11.6 Å². The second kappa shape index (κ2) is 8.23. The quantitative estimate of drug-likeness (QED) is 0.690. The summed E-state index contributed by atoms with van der Waals surface area (Å²) in [6.45, 7) is 3.15. The van der Waals surface area contributed by atoms with Gasteiger partial charge in [-0.3, -0.25) is 9.69 Å². The van der Waals surface area contributed by atoms with E-state index in [-0.39, 0.29) is 36.4 Å². The van der Waals surface area contributed by atoms with Crippen LogP contribution in [0.25, 0.3) is 11.1 Å². The average molecular weight is 456 g/mol. The lowest BCUT2D eigenvalue weighted by atomic mass is 9.95. The van der Waals surface area contributed by atoms with Gasteiger partial charge in [0.25, 0.3) is 0 Å². The molecule has 2 aromatic carbocycles. The molecule has 10 heteroatoms. The fourth-order valence-corrected chi connectivity index (χ4v) is 4.30. The second-order valence-electron chi connectivity index (χ2n) is 7.86. The predicted octanol–water partition coefficient (Wildman–Crippen LogP) is 4.17. The number of piperazine rings is 1. The van der Waals surface area contributed by atoms with Crippen molar-refractivity contribution in [2.75, 3.05) is 26.2 Å². The first-order chi connectivity index (χ1) is 15.1. The zero-order valence-corrected chi connectivity index (χ0v) is 17.2. The molecule has 0 radical (unpaired) electrons. The van der Waals surface area contributed by atoms with Gasteiger partial charge in [0.1, 0.15) is 18.2 Å². The van der Waals surface area contributed by atoms with Gasteiger partial charge in [0.2, 0.25) is 5.91 Å². The molecule has 1 fully saturated rings. The molecule has 1 unspecified atom stereocenters. The summed E-state index contributed by atoms with van der Waals surface area (Å²) in [5, 5.41) is 10.1. The zero-order chi connectivity index (χ0) is 23.2. The highest BCUT2D eigenvalue weighted by Crippen LogP contribution is 2.46. The second-order valence-corrected chi connectivity index (χ2v) is 7.86. The lowest BCUT2D eigenvalue weighted by molar-refractivity contribution is -0.137. The van der Waals surface area contributed by atoms with Crippen molar-refractivity contribution >= 4 is 5.91 Å². The molecule has 32 heavy (non-hydrogen) atoms. The molecule has 2 aliphatic rings. The SMILES string of the molecule is CCC(=O)N1CCN2Cc3cc(F)c(-c4c(O)cccc4C(F)(F)F)c(F)c3OCC2C1. The Morgan fingerprint density at radius 3 is 2.66 bits per heavy atom. The van der Waals surface area contributed by atoms with Crippen LogP contribution in [0.4, 0.5) is 22.0 Å². The first-order valence-corrected chi connectivity index (χ1v) is 10.2. The number of phenols is 1. The van der Waals surface area contributed by atoms with Crippen LogP contribution < -0.4 is 4.74 Å². The summed E-state index contributed by atoms with van der Waals surface area (Å²) in [4.78, 5) is 15.6. The summed E-state index contributed by atoms with van der Waals surface area (Å²) in [5.41, 5.74) is -3.15. The van der Waals surface area contributed by atoms with Crippen molar-refractivity contribution in [1.82, 2.24) is 9.80 Å². The van der Waals surface area contributed by atoms with E-state index in [4.69, 9.17) is 4.74 Å². The van der Waals surface area contributed by atoms with E-state index in [0.717, 1.165) is 18.2 Å². The molecule has 1 atom stereocenters. The van der Waals surface area contributed by atoms with Gasteiger partial charge in [-0.2, -0.15) is 13.2 Å². The first kappa shape index (κ1) is 22.3. The van der Waals surface area contributed by atoms with E-state index in [0.29, 0.717) is 32.1 Å². The number of phenolic OH excluding ortho intramolecular Hbond substituents is 1. The number of hydrogen-bond donors (Lipinski definition) is 1. The summed E-state index contributed by atoms with van der Waals surface area (Å²) in [5.74, 6) is -3.79. The Labute approximate surface area is 181 Å². The molecule has 2 aromatic rings. The molecule has 2 aliphatic heterocycles. The number of amides is 1. The van der Waals surface area contributed by atoms with Crippen LogP contribution in [0.1, 0.15) is 24.5 Å². The van der Waals surface area contributed by atoms with Crippen LogP contribution in [-0.2, 0) is 17.5 Å². The van der Waals surface area contributed by atoms with E-state index in [1.807, 2.05) is 4.90 Å². The van der Waals surface area contributed by atoms with Crippen LogP contribution in [0.2, 0.25) is 0 Å². The molecule has 0 aromatic heterocycles. The zero-order valence-electron chi connectivity index (χ0n) is 17.2. The number of ether oxygens (including phenoxy) is 1. The fourth-order valence-electron chi connectivity index (χ4n) is 4.30. The molecule has 0 bridgehead atoms. The molecule has 0 saturated carbocycles. The minimum Gasteiger partial charge on any atom is -0.507 e. The van der Waals surface area contributed by atoms with Gasteiger partial charge in [-0.1, -0.05) is 13.0 Å². The van der Waals surface area contributed by atoms with E-state index in [9.17, 15) is 27.5 Å². The highest BCUT2D eigenvalue weighted by atomic mass is 19.4. The Morgan fingerprint density at radius 1 is 1.22 bits per heavy atom. The normalized spacial score (nSPS) is 19.1. The Hall–Kier alpha value is -2.88. The van der Waals surface area contributed by atoms with Crippen molar-refractivity contribution in [2.24, 2.45) is 0 Å². The van der Waals surface area contributed by atoms with Crippen molar-refractivity contribution in [3.63, 3.8) is 0 Å². The molecular formula is C22H21F5N2O3. The van der Waals surface area contributed by atoms with Crippen molar-refractivity contribution in [2.45, 2.75) is 32.1 Å². The predicted molar refractivity (Wildman–Crippen MR) is 105 cm³/mol. The van der Waals surface area contributed by atoms with E-state index >= 15 is 4.39 Å². The third kappa shape index (κ3) is 3.87. The standard InChI is InChI=1S/C22H21F5N2O3/c1-2-17(31)29-7-6-28-9-12-8-15(23)19(20(24)21(12)32-11-13(28)10-29)18-14(22(25,26)27)4-3-5-16(18)30/h3-5,8,13,30H,2,6-7,9-11H2,1H3. The molecule has 2 heterocycles. The maximum absolute atomic E-state index is 15.4. The minimum absolute atomic E-state index is 0.0185. The first-order valence-electron chi connectivity index (χ1n) is 10.2. The minimum atomic E-state index is -4.93.